The van der Waals surface area contributed by atoms with Crippen LogP contribution in [0, 0.1) is 5.41 Å². The number of carboxylic acids is 1. The number of carboxylic acid groups (broad SMARTS) is 1. The van der Waals surface area contributed by atoms with Crippen LogP contribution in [0.2, 0.25) is 0 Å². The second-order valence-electron chi connectivity index (χ2n) is 5.99. The van der Waals surface area contributed by atoms with Crippen LogP contribution in [-0.2, 0) is 11.3 Å². The van der Waals surface area contributed by atoms with Gasteiger partial charge in [-0.3, -0.25) is 9.69 Å². The summed E-state index contributed by atoms with van der Waals surface area (Å²) in [4.78, 5) is 15.0. The third kappa shape index (κ3) is 3.01. The zero-order valence-electron chi connectivity index (χ0n) is 12.4. The van der Waals surface area contributed by atoms with Gasteiger partial charge in [-0.05, 0) is 43.3 Å². The minimum Gasteiger partial charge on any atom is -0.481 e. The van der Waals surface area contributed by atoms with E-state index in [-0.39, 0.29) is 0 Å². The first-order chi connectivity index (χ1) is 9.48. The van der Waals surface area contributed by atoms with Gasteiger partial charge in [0.25, 0.3) is 0 Å². The summed E-state index contributed by atoms with van der Waals surface area (Å²) < 4.78 is 4.05. The smallest absolute Gasteiger partial charge is 0.310 e. The van der Waals surface area contributed by atoms with E-state index in [1.54, 1.807) is 0 Å². The largest absolute Gasteiger partial charge is 0.481 e. The van der Waals surface area contributed by atoms with E-state index < -0.39 is 11.4 Å². The van der Waals surface area contributed by atoms with Gasteiger partial charge < -0.3 is 5.11 Å². The molecule has 1 aliphatic heterocycles. The summed E-state index contributed by atoms with van der Waals surface area (Å²) in [5.74, 6) is -0.292. The Kier molecular flexibility index (Phi) is 4.75. The number of hydrogen-bond donors (Lipinski definition) is 1. The molecule has 112 valence electrons. The Hall–Kier alpha value is -1.01. The number of nitrogens with zero attached hydrogens (tertiary/aromatic N) is 3. The van der Waals surface area contributed by atoms with Gasteiger partial charge in [-0.2, -0.15) is 0 Å². The Morgan fingerprint density at radius 3 is 2.90 bits per heavy atom. The molecule has 0 amide bonds. The van der Waals surface area contributed by atoms with Crippen molar-refractivity contribution in [2.24, 2.45) is 5.41 Å². The highest BCUT2D eigenvalue weighted by molar-refractivity contribution is 7.05. The van der Waals surface area contributed by atoms with Crippen LogP contribution >= 0.6 is 11.5 Å². The van der Waals surface area contributed by atoms with Crippen LogP contribution in [0.15, 0.2) is 0 Å². The van der Waals surface area contributed by atoms with E-state index in [1.165, 1.54) is 16.4 Å². The highest BCUT2D eigenvalue weighted by atomic mass is 32.1. The van der Waals surface area contributed by atoms with Crippen molar-refractivity contribution in [2.45, 2.75) is 52.5 Å². The molecule has 6 heteroatoms. The zero-order chi connectivity index (χ0) is 14.8. The summed E-state index contributed by atoms with van der Waals surface area (Å²) in [6, 6.07) is 0. The van der Waals surface area contributed by atoms with Crippen molar-refractivity contribution in [3.8, 4) is 0 Å². The molecule has 0 aromatic carbocycles. The maximum Gasteiger partial charge on any atom is 0.310 e. The molecule has 1 aliphatic rings. The van der Waals surface area contributed by atoms with Gasteiger partial charge >= 0.3 is 5.97 Å². The summed E-state index contributed by atoms with van der Waals surface area (Å²) in [6.45, 7) is 8.58. The molecule has 1 aromatic heterocycles. The van der Waals surface area contributed by atoms with E-state index in [1.807, 2.05) is 6.92 Å². The Balaban J connectivity index is 2.10. The lowest BCUT2D eigenvalue weighted by molar-refractivity contribution is -0.153. The molecule has 0 saturated carbocycles. The van der Waals surface area contributed by atoms with Crippen molar-refractivity contribution in [1.82, 2.24) is 14.5 Å². The van der Waals surface area contributed by atoms with Gasteiger partial charge in [0, 0.05) is 13.1 Å². The van der Waals surface area contributed by atoms with Gasteiger partial charge in [0.1, 0.15) is 0 Å². The summed E-state index contributed by atoms with van der Waals surface area (Å²) in [7, 11) is 0. The average Bonchev–Trinajstić information content (AvgIpc) is 2.87. The van der Waals surface area contributed by atoms with Crippen molar-refractivity contribution in [3.63, 3.8) is 0 Å². The van der Waals surface area contributed by atoms with Crippen LogP contribution < -0.4 is 0 Å². The van der Waals surface area contributed by atoms with E-state index in [2.05, 4.69) is 28.3 Å². The van der Waals surface area contributed by atoms with Gasteiger partial charge in [0.15, 0.2) is 0 Å². The second kappa shape index (κ2) is 6.18. The van der Waals surface area contributed by atoms with Crippen LogP contribution in [0.1, 0.15) is 56.5 Å². The predicted octanol–water partition coefficient (Wildman–Crippen LogP) is 2.74. The Morgan fingerprint density at radius 2 is 2.30 bits per heavy atom. The molecule has 0 unspecified atom stereocenters. The van der Waals surface area contributed by atoms with Gasteiger partial charge in [-0.15, -0.1) is 5.10 Å². The monoisotopic (exact) mass is 297 g/mol. The third-order valence-electron chi connectivity index (χ3n) is 4.29. The van der Waals surface area contributed by atoms with Gasteiger partial charge in [0.2, 0.25) is 0 Å². The van der Waals surface area contributed by atoms with E-state index in [9.17, 15) is 9.90 Å². The number of hydrogen-bond acceptors (Lipinski definition) is 5. The van der Waals surface area contributed by atoms with Crippen molar-refractivity contribution in [2.75, 3.05) is 13.1 Å². The molecule has 20 heavy (non-hydrogen) atoms. The number of aliphatic carboxylic acids is 1. The van der Waals surface area contributed by atoms with Crippen molar-refractivity contribution >= 4 is 17.5 Å². The van der Waals surface area contributed by atoms with Crippen LogP contribution in [0.3, 0.4) is 0 Å². The molecule has 1 aromatic rings. The fourth-order valence-corrected chi connectivity index (χ4v) is 3.78. The first-order valence-corrected chi connectivity index (χ1v) is 8.02. The minimum absolute atomic E-state index is 0.365. The van der Waals surface area contributed by atoms with Gasteiger partial charge in [-0.1, -0.05) is 25.3 Å². The lowest BCUT2D eigenvalue weighted by atomic mass is 9.77. The normalized spacial score (nSPS) is 24.2. The number of piperidine rings is 1. The molecule has 0 aliphatic carbocycles. The number of carbonyl (C=O) groups is 1. The van der Waals surface area contributed by atoms with E-state index >= 15 is 0 Å². The minimum atomic E-state index is -0.656. The lowest BCUT2D eigenvalue weighted by Gasteiger charge is -2.39. The second-order valence-corrected chi connectivity index (χ2v) is 6.83. The molecule has 0 radical (unpaired) electrons. The highest BCUT2D eigenvalue weighted by Gasteiger charge is 2.40. The average molecular weight is 297 g/mol. The fourth-order valence-electron chi connectivity index (χ4n) is 2.94. The molecule has 1 fully saturated rings. The maximum atomic E-state index is 11.6. The molecule has 2 heterocycles. The summed E-state index contributed by atoms with van der Waals surface area (Å²) >= 11 is 1.44. The fraction of sp³-hybridized carbons (Fsp3) is 0.786. The molecule has 1 atom stereocenters. The number of aromatic nitrogens is 2. The van der Waals surface area contributed by atoms with E-state index in [0.29, 0.717) is 18.9 Å². The van der Waals surface area contributed by atoms with Crippen molar-refractivity contribution in [3.05, 3.63) is 10.6 Å². The maximum absolute atomic E-state index is 11.6. The first-order valence-electron chi connectivity index (χ1n) is 7.25. The predicted molar refractivity (Wildman–Crippen MR) is 78.9 cm³/mol. The highest BCUT2D eigenvalue weighted by Crippen LogP contribution is 2.35. The van der Waals surface area contributed by atoms with Crippen LogP contribution in [0.25, 0.3) is 0 Å². The third-order valence-corrected chi connectivity index (χ3v) is 5.01. The van der Waals surface area contributed by atoms with Crippen molar-refractivity contribution in [1.29, 1.82) is 0 Å². The topological polar surface area (TPSA) is 66.3 Å². The van der Waals surface area contributed by atoms with Gasteiger partial charge in [0.05, 0.1) is 16.0 Å². The molecular weight excluding hydrogens is 274 g/mol. The molecular formula is C14H23N3O2S. The van der Waals surface area contributed by atoms with E-state index in [0.717, 1.165) is 31.6 Å². The first kappa shape index (κ1) is 15.4. The zero-order valence-corrected chi connectivity index (χ0v) is 13.2. The molecule has 1 N–H and O–H groups in total. The summed E-state index contributed by atoms with van der Waals surface area (Å²) in [5.41, 5.74) is 0.479. The molecule has 5 nitrogen and oxygen atoms in total. The SMILES string of the molecule is CC[C@@]1(C(=O)O)CCCN(Cc2snnc2C(C)C)C1. The van der Waals surface area contributed by atoms with Gasteiger partial charge in [-0.25, -0.2) is 0 Å². The van der Waals surface area contributed by atoms with E-state index in [4.69, 9.17) is 0 Å². The Bertz CT molecular complexity index is 475. The molecule has 0 spiro atoms. The molecule has 0 bridgehead atoms. The number of likely N-dealkylation sites (tertiary alicyclic amines) is 1. The van der Waals surface area contributed by atoms with Crippen molar-refractivity contribution < 1.29 is 9.90 Å². The molecule has 2 rings (SSSR count). The van der Waals surface area contributed by atoms with Crippen LogP contribution in [-0.4, -0.2) is 38.7 Å². The Labute approximate surface area is 124 Å². The lowest BCUT2D eigenvalue weighted by Crippen LogP contribution is -2.47. The molecule has 1 saturated heterocycles. The Morgan fingerprint density at radius 1 is 1.55 bits per heavy atom. The number of rotatable bonds is 5. The quantitative estimate of drug-likeness (QED) is 0.905. The summed E-state index contributed by atoms with van der Waals surface area (Å²) in [5, 5.41) is 13.7. The van der Waals surface area contributed by atoms with Crippen LogP contribution in [0.5, 0.6) is 0 Å². The summed E-state index contributed by atoms with van der Waals surface area (Å²) in [6.07, 6.45) is 2.42. The standard InChI is InChI=1S/C14H23N3O2S/c1-4-14(13(18)19)6-5-7-17(9-14)8-11-12(10(2)3)15-16-20-11/h10H,4-9H2,1-3H3,(H,18,19)/t14-/m1/s1. The van der Waals surface area contributed by atoms with Crippen LogP contribution in [0.4, 0.5) is 0 Å².